The highest BCUT2D eigenvalue weighted by Gasteiger charge is 2.23. The first-order chi connectivity index (χ1) is 11.8. The predicted octanol–water partition coefficient (Wildman–Crippen LogP) is 3.35. The molecule has 0 aliphatic carbocycles. The van der Waals surface area contributed by atoms with E-state index in [1.165, 1.54) is 11.1 Å². The lowest BCUT2D eigenvalue weighted by atomic mass is 9.94. The van der Waals surface area contributed by atoms with Gasteiger partial charge in [0, 0.05) is 19.1 Å². The van der Waals surface area contributed by atoms with Crippen LogP contribution < -0.4 is 10.6 Å². The van der Waals surface area contributed by atoms with Gasteiger partial charge in [0.1, 0.15) is 0 Å². The quantitative estimate of drug-likeness (QED) is 0.775. The number of hydrogen-bond donors (Lipinski definition) is 2. The van der Waals surface area contributed by atoms with E-state index in [2.05, 4.69) is 70.8 Å². The molecule has 0 amide bonds. The fourth-order valence-electron chi connectivity index (χ4n) is 3.65. The largest absolute Gasteiger partial charge is 0.353 e. The second-order valence-corrected chi connectivity index (χ2v) is 6.69. The highest BCUT2D eigenvalue weighted by atomic mass is 15.2. The smallest absolute Gasteiger partial charge is 0.203 e. The van der Waals surface area contributed by atoms with E-state index in [-0.39, 0.29) is 0 Å². The number of anilines is 1. The maximum Gasteiger partial charge on any atom is 0.203 e. The molecule has 124 valence electrons. The molecule has 2 N–H and O–H groups in total. The molecule has 1 aromatic heterocycles. The van der Waals surface area contributed by atoms with Gasteiger partial charge in [0.25, 0.3) is 0 Å². The first kappa shape index (κ1) is 15.2. The molecule has 1 aliphatic rings. The van der Waals surface area contributed by atoms with Crippen LogP contribution in [-0.4, -0.2) is 28.2 Å². The summed E-state index contributed by atoms with van der Waals surface area (Å²) in [5.41, 5.74) is 3.63. The summed E-state index contributed by atoms with van der Waals surface area (Å²) in [6.45, 7) is 1.05. The molecule has 1 fully saturated rings. The number of benzene rings is 2. The summed E-state index contributed by atoms with van der Waals surface area (Å²) in [5, 5.41) is 7.32. The molecule has 0 spiro atoms. The average Bonchev–Trinajstić information content (AvgIpc) is 2.92. The van der Waals surface area contributed by atoms with Crippen molar-refractivity contribution < 1.29 is 0 Å². The second kappa shape index (κ2) is 6.65. The topological polar surface area (TPSA) is 41.9 Å². The van der Waals surface area contributed by atoms with Gasteiger partial charge in [0.15, 0.2) is 0 Å². The van der Waals surface area contributed by atoms with Gasteiger partial charge in [-0.1, -0.05) is 42.5 Å². The number of piperidine rings is 1. The Balaban J connectivity index is 1.45. The Labute approximate surface area is 142 Å². The van der Waals surface area contributed by atoms with E-state index in [9.17, 15) is 0 Å². The molecule has 3 aromatic rings. The minimum absolute atomic E-state index is 0.468. The number of nitrogens with one attached hydrogen (secondary N) is 2. The van der Waals surface area contributed by atoms with Crippen LogP contribution in [0.1, 0.15) is 18.4 Å². The van der Waals surface area contributed by atoms with Crippen molar-refractivity contribution in [3.05, 3.63) is 60.2 Å². The van der Waals surface area contributed by atoms with Crippen LogP contribution in [0.2, 0.25) is 0 Å². The molecule has 24 heavy (non-hydrogen) atoms. The summed E-state index contributed by atoms with van der Waals surface area (Å²) in [6, 6.07) is 20.0. The lowest BCUT2D eigenvalue weighted by Gasteiger charge is -2.31. The van der Waals surface area contributed by atoms with Gasteiger partial charge in [0.05, 0.1) is 11.0 Å². The molecule has 2 aromatic carbocycles. The van der Waals surface area contributed by atoms with Crippen LogP contribution in [0.15, 0.2) is 54.6 Å². The summed E-state index contributed by atoms with van der Waals surface area (Å²) in [6.07, 6.45) is 3.34. The first-order valence-corrected chi connectivity index (χ1v) is 8.75. The van der Waals surface area contributed by atoms with Gasteiger partial charge in [-0.3, -0.25) is 0 Å². The Kier molecular flexibility index (Phi) is 4.22. The standard InChI is InChI=1S/C20H24N4/c1-24-19-10-6-5-9-18(19)23-20(24)22-16-11-12-21-17(14-16)13-15-7-3-2-4-8-15/h2-10,16-17,21H,11-14H2,1H3,(H,22,23)/t16-,17+/m0/s1. The maximum absolute atomic E-state index is 4.75. The number of hydrogen-bond acceptors (Lipinski definition) is 3. The van der Waals surface area contributed by atoms with E-state index in [1.54, 1.807) is 0 Å². The van der Waals surface area contributed by atoms with Crippen LogP contribution in [0, 0.1) is 0 Å². The van der Waals surface area contributed by atoms with Crippen LogP contribution in [0.4, 0.5) is 5.95 Å². The monoisotopic (exact) mass is 320 g/mol. The zero-order valence-electron chi connectivity index (χ0n) is 14.1. The molecule has 2 heterocycles. The number of nitrogens with zero attached hydrogens (tertiary/aromatic N) is 2. The molecule has 4 rings (SSSR count). The van der Waals surface area contributed by atoms with E-state index in [4.69, 9.17) is 4.98 Å². The molecule has 0 bridgehead atoms. The van der Waals surface area contributed by atoms with Crippen molar-refractivity contribution in [3.63, 3.8) is 0 Å². The second-order valence-electron chi connectivity index (χ2n) is 6.69. The van der Waals surface area contributed by atoms with Gasteiger partial charge < -0.3 is 15.2 Å². The third-order valence-corrected chi connectivity index (χ3v) is 4.94. The highest BCUT2D eigenvalue weighted by molar-refractivity contribution is 5.78. The summed E-state index contributed by atoms with van der Waals surface area (Å²) in [4.78, 5) is 4.75. The SMILES string of the molecule is Cn1c(N[C@H]2CCN[C@H](Cc3ccccc3)C2)nc2ccccc21. The molecule has 0 radical (unpaired) electrons. The Morgan fingerprint density at radius 1 is 1.12 bits per heavy atom. The molecule has 0 unspecified atom stereocenters. The number of aryl methyl sites for hydroxylation is 1. The fraction of sp³-hybridized carbons (Fsp3) is 0.350. The average molecular weight is 320 g/mol. The maximum atomic E-state index is 4.75. The fourth-order valence-corrected chi connectivity index (χ4v) is 3.65. The molecule has 1 aliphatic heterocycles. The van der Waals surface area contributed by atoms with Crippen LogP contribution in [0.5, 0.6) is 0 Å². The van der Waals surface area contributed by atoms with Crippen molar-refractivity contribution in [2.24, 2.45) is 7.05 Å². The number of para-hydroxylation sites is 2. The number of rotatable bonds is 4. The number of imidazole rings is 1. The normalized spacial score (nSPS) is 21.0. The summed E-state index contributed by atoms with van der Waals surface area (Å²) < 4.78 is 2.16. The lowest BCUT2D eigenvalue weighted by molar-refractivity contribution is 0.372. The number of aromatic nitrogens is 2. The third kappa shape index (κ3) is 3.15. The van der Waals surface area contributed by atoms with Gasteiger partial charge in [0.2, 0.25) is 5.95 Å². The lowest BCUT2D eigenvalue weighted by Crippen LogP contribution is -2.44. The Bertz CT molecular complexity index is 809. The van der Waals surface area contributed by atoms with Crippen LogP contribution in [-0.2, 0) is 13.5 Å². The Morgan fingerprint density at radius 2 is 1.92 bits per heavy atom. The van der Waals surface area contributed by atoms with Gasteiger partial charge in [-0.2, -0.15) is 0 Å². The Hall–Kier alpha value is -2.33. The van der Waals surface area contributed by atoms with Crippen LogP contribution >= 0.6 is 0 Å². The van der Waals surface area contributed by atoms with E-state index >= 15 is 0 Å². The van der Waals surface area contributed by atoms with Crippen LogP contribution in [0.25, 0.3) is 11.0 Å². The molecule has 4 nitrogen and oxygen atoms in total. The zero-order chi connectivity index (χ0) is 16.4. The van der Waals surface area contributed by atoms with E-state index in [1.807, 2.05) is 6.07 Å². The predicted molar refractivity (Wildman–Crippen MR) is 99.3 cm³/mol. The van der Waals surface area contributed by atoms with Crippen molar-refractivity contribution in [3.8, 4) is 0 Å². The number of fused-ring (bicyclic) bond motifs is 1. The summed E-state index contributed by atoms with van der Waals surface area (Å²) in [7, 11) is 2.08. The van der Waals surface area contributed by atoms with Gasteiger partial charge in [-0.05, 0) is 43.5 Å². The highest BCUT2D eigenvalue weighted by Crippen LogP contribution is 2.21. The van der Waals surface area contributed by atoms with E-state index in [0.717, 1.165) is 37.3 Å². The summed E-state index contributed by atoms with van der Waals surface area (Å²) >= 11 is 0. The van der Waals surface area contributed by atoms with Crippen LogP contribution in [0.3, 0.4) is 0 Å². The van der Waals surface area contributed by atoms with E-state index < -0.39 is 0 Å². The molecule has 0 saturated carbocycles. The van der Waals surface area contributed by atoms with Crippen molar-refractivity contribution >= 4 is 17.0 Å². The molecule has 1 saturated heterocycles. The van der Waals surface area contributed by atoms with Gasteiger partial charge in [-0.15, -0.1) is 0 Å². The van der Waals surface area contributed by atoms with Gasteiger partial charge in [-0.25, -0.2) is 4.98 Å². The summed E-state index contributed by atoms with van der Waals surface area (Å²) in [5.74, 6) is 0.974. The zero-order valence-corrected chi connectivity index (χ0v) is 14.1. The molecule has 4 heteroatoms. The minimum Gasteiger partial charge on any atom is -0.353 e. The van der Waals surface area contributed by atoms with Gasteiger partial charge >= 0.3 is 0 Å². The van der Waals surface area contributed by atoms with Crippen molar-refractivity contribution in [1.29, 1.82) is 0 Å². The van der Waals surface area contributed by atoms with Crippen molar-refractivity contribution in [2.75, 3.05) is 11.9 Å². The minimum atomic E-state index is 0.468. The van der Waals surface area contributed by atoms with E-state index in [0.29, 0.717) is 12.1 Å². The molecule has 2 atom stereocenters. The first-order valence-electron chi connectivity index (χ1n) is 8.75. The molecular formula is C20H24N4. The van der Waals surface area contributed by atoms with Crippen molar-refractivity contribution in [1.82, 2.24) is 14.9 Å². The molecular weight excluding hydrogens is 296 g/mol. The van der Waals surface area contributed by atoms with Crippen molar-refractivity contribution in [2.45, 2.75) is 31.3 Å². The third-order valence-electron chi connectivity index (χ3n) is 4.94. The Morgan fingerprint density at radius 3 is 2.75 bits per heavy atom.